The minimum Gasteiger partial charge on any atom is -0.354 e. The monoisotopic (exact) mass is 380 g/mol. The van der Waals surface area contributed by atoms with Crippen LogP contribution in [0.4, 0.5) is 5.82 Å². The summed E-state index contributed by atoms with van der Waals surface area (Å²) in [5.74, 6) is 0.626. The maximum Gasteiger partial charge on any atom is 0.189 e. The number of rotatable bonds is 5. The smallest absolute Gasteiger partial charge is 0.189 e. The molecule has 1 aromatic heterocycles. The second-order valence-corrected chi connectivity index (χ2v) is 6.93. The minimum atomic E-state index is 0.462. The van der Waals surface area contributed by atoms with Crippen LogP contribution in [0.15, 0.2) is 59.8 Å². The summed E-state index contributed by atoms with van der Waals surface area (Å²) in [4.78, 5) is 11.1. The van der Waals surface area contributed by atoms with Crippen LogP contribution in [-0.2, 0) is 6.54 Å². The van der Waals surface area contributed by atoms with Gasteiger partial charge in [0.1, 0.15) is 11.6 Å². The first-order valence-electron chi connectivity index (χ1n) is 7.99. The lowest BCUT2D eigenvalue weighted by Crippen LogP contribution is -2.20. The highest BCUT2D eigenvalue weighted by atomic mass is 35.5. The van der Waals surface area contributed by atoms with Crippen LogP contribution in [0.3, 0.4) is 0 Å². The summed E-state index contributed by atoms with van der Waals surface area (Å²) in [7, 11) is 1.94. The van der Waals surface area contributed by atoms with Crippen molar-refractivity contribution < 1.29 is 0 Å². The molecule has 0 aliphatic carbocycles. The quantitative estimate of drug-likeness (QED) is 0.459. The van der Waals surface area contributed by atoms with E-state index >= 15 is 0 Å². The Morgan fingerprint density at radius 2 is 1.77 bits per heavy atom. The Hall–Kier alpha value is -2.55. The molecule has 3 aromatic rings. The molecule has 0 radical (unpaired) electrons. The van der Waals surface area contributed by atoms with E-state index in [9.17, 15) is 5.26 Å². The van der Waals surface area contributed by atoms with E-state index in [0.717, 1.165) is 11.1 Å². The summed E-state index contributed by atoms with van der Waals surface area (Å²) in [6.07, 6.45) is 1.92. The van der Waals surface area contributed by atoms with Gasteiger partial charge in [-0.25, -0.2) is 9.97 Å². The number of thioether (sulfide) groups is 1. The fraction of sp³-hybridized carbons (Fsp3) is 0.150. The van der Waals surface area contributed by atoms with Crippen molar-refractivity contribution in [2.75, 3.05) is 18.2 Å². The van der Waals surface area contributed by atoms with Crippen molar-refractivity contribution in [2.45, 2.75) is 11.7 Å². The first-order chi connectivity index (χ1) is 12.6. The summed E-state index contributed by atoms with van der Waals surface area (Å²) >= 11 is 7.45. The zero-order valence-electron chi connectivity index (χ0n) is 14.5. The van der Waals surface area contributed by atoms with E-state index in [4.69, 9.17) is 11.6 Å². The lowest BCUT2D eigenvalue weighted by molar-refractivity contribution is 0.855. The largest absolute Gasteiger partial charge is 0.354 e. The lowest BCUT2D eigenvalue weighted by atomic mass is 10.1. The lowest BCUT2D eigenvalue weighted by Gasteiger charge is -2.21. The van der Waals surface area contributed by atoms with Gasteiger partial charge in [0.15, 0.2) is 11.0 Å². The van der Waals surface area contributed by atoms with Crippen molar-refractivity contribution in [3.63, 3.8) is 0 Å². The van der Waals surface area contributed by atoms with Crippen LogP contribution >= 0.6 is 23.4 Å². The van der Waals surface area contributed by atoms with Gasteiger partial charge in [-0.1, -0.05) is 65.8 Å². The molecule has 0 spiro atoms. The number of benzene rings is 2. The molecular formula is C20H17ClN4S. The molecule has 0 amide bonds. The van der Waals surface area contributed by atoms with E-state index in [1.54, 1.807) is 12.1 Å². The number of hydrogen-bond donors (Lipinski definition) is 0. The van der Waals surface area contributed by atoms with E-state index < -0.39 is 0 Å². The van der Waals surface area contributed by atoms with Crippen LogP contribution in [0, 0.1) is 11.3 Å². The minimum absolute atomic E-state index is 0.462. The first kappa shape index (κ1) is 18.2. The summed E-state index contributed by atoms with van der Waals surface area (Å²) < 4.78 is 0. The number of anilines is 1. The molecule has 0 unspecified atom stereocenters. The summed E-state index contributed by atoms with van der Waals surface area (Å²) in [5, 5.41) is 11.1. The predicted molar refractivity (Wildman–Crippen MR) is 108 cm³/mol. The van der Waals surface area contributed by atoms with Gasteiger partial charge in [-0.2, -0.15) is 5.26 Å². The van der Waals surface area contributed by atoms with E-state index in [-0.39, 0.29) is 0 Å². The van der Waals surface area contributed by atoms with Gasteiger partial charge in [0.2, 0.25) is 0 Å². The summed E-state index contributed by atoms with van der Waals surface area (Å²) in [5.41, 5.74) is 3.08. The van der Waals surface area contributed by atoms with Gasteiger partial charge in [-0.15, -0.1) is 0 Å². The number of nitrogens with zero attached hydrogens (tertiary/aromatic N) is 4. The zero-order valence-corrected chi connectivity index (χ0v) is 16.1. The summed E-state index contributed by atoms with van der Waals surface area (Å²) in [6.45, 7) is 0.653. The molecule has 26 heavy (non-hydrogen) atoms. The molecular weight excluding hydrogens is 364 g/mol. The van der Waals surface area contributed by atoms with Crippen LogP contribution in [0.25, 0.3) is 11.3 Å². The maximum absolute atomic E-state index is 9.80. The molecule has 0 bridgehead atoms. The van der Waals surface area contributed by atoms with Crippen LogP contribution in [0.2, 0.25) is 5.02 Å². The van der Waals surface area contributed by atoms with Gasteiger partial charge in [0.25, 0.3) is 0 Å². The molecule has 0 atom stereocenters. The number of halogens is 1. The van der Waals surface area contributed by atoms with Gasteiger partial charge < -0.3 is 4.90 Å². The Balaban J connectivity index is 2.08. The molecule has 0 N–H and O–H groups in total. The van der Waals surface area contributed by atoms with E-state index in [2.05, 4.69) is 28.2 Å². The van der Waals surface area contributed by atoms with Crippen molar-refractivity contribution >= 4 is 29.2 Å². The number of hydrogen-bond acceptors (Lipinski definition) is 5. The molecule has 1 heterocycles. The SMILES string of the molecule is CSc1nc(-c2ccc(Cl)cc2)c(C#N)c(N(C)Cc2ccccc2)n1. The predicted octanol–water partition coefficient (Wildman–Crippen LogP) is 5.03. The fourth-order valence-electron chi connectivity index (χ4n) is 2.65. The van der Waals surface area contributed by atoms with Crippen molar-refractivity contribution in [3.8, 4) is 17.3 Å². The van der Waals surface area contributed by atoms with Crippen LogP contribution < -0.4 is 4.90 Å². The van der Waals surface area contributed by atoms with Gasteiger partial charge in [0.05, 0.1) is 5.69 Å². The Morgan fingerprint density at radius 3 is 2.38 bits per heavy atom. The molecule has 0 aliphatic rings. The second-order valence-electron chi connectivity index (χ2n) is 5.72. The highest BCUT2D eigenvalue weighted by Crippen LogP contribution is 2.31. The van der Waals surface area contributed by atoms with Crippen molar-refractivity contribution in [2.24, 2.45) is 0 Å². The van der Waals surface area contributed by atoms with Crippen LogP contribution in [0.1, 0.15) is 11.1 Å². The molecule has 0 saturated carbocycles. The Morgan fingerprint density at radius 1 is 1.08 bits per heavy atom. The van der Waals surface area contributed by atoms with E-state index in [0.29, 0.717) is 33.8 Å². The third-order valence-electron chi connectivity index (χ3n) is 3.91. The molecule has 0 aliphatic heterocycles. The zero-order chi connectivity index (χ0) is 18.5. The Labute approximate surface area is 162 Å². The normalized spacial score (nSPS) is 10.4. The van der Waals surface area contributed by atoms with Gasteiger partial charge in [-0.3, -0.25) is 0 Å². The molecule has 3 rings (SSSR count). The fourth-order valence-corrected chi connectivity index (χ4v) is 3.13. The van der Waals surface area contributed by atoms with Crippen molar-refractivity contribution in [3.05, 3.63) is 70.7 Å². The Kier molecular flexibility index (Phi) is 5.77. The van der Waals surface area contributed by atoms with E-state index in [1.807, 2.05) is 48.5 Å². The molecule has 0 fully saturated rings. The highest BCUT2D eigenvalue weighted by Gasteiger charge is 2.19. The van der Waals surface area contributed by atoms with Crippen molar-refractivity contribution in [1.82, 2.24) is 9.97 Å². The third-order valence-corrected chi connectivity index (χ3v) is 4.71. The molecule has 6 heteroatoms. The highest BCUT2D eigenvalue weighted by molar-refractivity contribution is 7.98. The average Bonchev–Trinajstić information content (AvgIpc) is 2.68. The topological polar surface area (TPSA) is 52.8 Å². The number of nitriles is 1. The maximum atomic E-state index is 9.80. The average molecular weight is 381 g/mol. The van der Waals surface area contributed by atoms with Crippen LogP contribution in [0.5, 0.6) is 0 Å². The van der Waals surface area contributed by atoms with Crippen LogP contribution in [-0.4, -0.2) is 23.3 Å². The first-order valence-corrected chi connectivity index (χ1v) is 9.59. The van der Waals surface area contributed by atoms with Gasteiger partial charge in [-0.05, 0) is 24.0 Å². The molecule has 0 saturated heterocycles. The van der Waals surface area contributed by atoms with Crippen molar-refractivity contribution in [1.29, 1.82) is 5.26 Å². The molecule has 4 nitrogen and oxygen atoms in total. The number of aromatic nitrogens is 2. The summed E-state index contributed by atoms with van der Waals surface area (Å²) in [6, 6.07) is 19.7. The van der Waals surface area contributed by atoms with Gasteiger partial charge >= 0.3 is 0 Å². The molecule has 130 valence electrons. The van der Waals surface area contributed by atoms with Gasteiger partial charge in [0, 0.05) is 24.2 Å². The van der Waals surface area contributed by atoms with E-state index in [1.165, 1.54) is 11.8 Å². The molecule has 2 aromatic carbocycles. The third kappa shape index (κ3) is 3.98. The Bertz CT molecular complexity index is 937. The standard InChI is InChI=1S/C20H17ClN4S/c1-25(13-14-6-4-3-5-7-14)19-17(12-22)18(23-20(24-19)26-2)15-8-10-16(21)11-9-15/h3-11H,13H2,1-2H3. The second kappa shape index (κ2) is 8.22.